The van der Waals surface area contributed by atoms with Crippen molar-refractivity contribution in [3.63, 3.8) is 0 Å². The van der Waals surface area contributed by atoms with E-state index in [4.69, 9.17) is 22.6 Å². The summed E-state index contributed by atoms with van der Waals surface area (Å²) in [6, 6.07) is -7.87. The van der Waals surface area contributed by atoms with Crippen molar-refractivity contribution in [1.82, 2.24) is 9.21 Å². The molecular formula is C29H42F2N2O7S. The van der Waals surface area contributed by atoms with Crippen molar-refractivity contribution < 1.29 is 63.6 Å². The molecule has 0 aliphatic carbocycles. The Morgan fingerprint density at radius 2 is 1.73 bits per heavy atom. The summed E-state index contributed by atoms with van der Waals surface area (Å²) in [7, 11) is -5.39. The Bertz CT molecular complexity index is 1890. The van der Waals surface area contributed by atoms with Crippen LogP contribution in [0, 0.1) is 5.92 Å². The first-order valence-electron chi connectivity index (χ1n) is 19.9. The third-order valence-electron chi connectivity index (χ3n) is 4.77. The predicted octanol–water partition coefficient (Wildman–Crippen LogP) is 5.47. The van der Waals surface area contributed by atoms with E-state index in [0.717, 1.165) is 32.9 Å². The second-order valence-electron chi connectivity index (χ2n) is 9.67. The number of hydrogen-bond donors (Lipinski definition) is 2. The quantitative estimate of drug-likeness (QED) is 0.289. The van der Waals surface area contributed by atoms with Crippen LogP contribution >= 0.6 is 0 Å². The second kappa shape index (κ2) is 14.3. The summed E-state index contributed by atoms with van der Waals surface area (Å²) < 4.78 is 198. The minimum atomic E-state index is -5.39. The van der Waals surface area contributed by atoms with Gasteiger partial charge in [-0.1, -0.05) is 25.9 Å². The molecule has 12 heteroatoms. The number of carbonyl (C=O) groups is 1. The number of hydrogen-bond acceptors (Lipinski definition) is 6. The van der Waals surface area contributed by atoms with Crippen LogP contribution in [-0.2, 0) is 16.4 Å². The summed E-state index contributed by atoms with van der Waals surface area (Å²) in [5.41, 5.74) is -3.82. The highest BCUT2D eigenvalue weighted by Crippen LogP contribution is 2.27. The van der Waals surface area contributed by atoms with Gasteiger partial charge < -0.3 is 19.7 Å². The van der Waals surface area contributed by atoms with Crippen LogP contribution in [0.5, 0.6) is 11.5 Å². The highest BCUT2D eigenvalue weighted by Gasteiger charge is 2.39. The van der Waals surface area contributed by atoms with Crippen LogP contribution in [0.4, 0.5) is 13.6 Å². The predicted molar refractivity (Wildman–Crippen MR) is 152 cm³/mol. The summed E-state index contributed by atoms with van der Waals surface area (Å²) >= 11 is 0. The fraction of sp³-hybridized carbons (Fsp3) is 0.552. The molecule has 41 heavy (non-hydrogen) atoms. The molecule has 0 fully saturated rings. The van der Waals surface area contributed by atoms with Crippen molar-refractivity contribution in [3.05, 3.63) is 54.0 Å². The zero-order chi connectivity index (χ0) is 45.0. The molecule has 0 aliphatic heterocycles. The average molecular weight is 617 g/mol. The lowest BCUT2D eigenvalue weighted by Gasteiger charge is -2.42. The molecule has 2 rings (SSSR count). The van der Waals surface area contributed by atoms with Crippen LogP contribution in [0.2, 0.25) is 0 Å². The van der Waals surface area contributed by atoms with Crippen molar-refractivity contribution in [2.45, 2.75) is 89.9 Å². The first kappa shape index (κ1) is 17.2. The van der Waals surface area contributed by atoms with Gasteiger partial charge in [0.15, 0.2) is 0 Å². The minimum absolute atomic E-state index is 0.199. The smallest absolute Gasteiger partial charge is 0.408 e. The summed E-state index contributed by atoms with van der Waals surface area (Å²) in [5.74, 6) is -2.86. The number of benzene rings is 2. The Morgan fingerprint density at radius 1 is 1.12 bits per heavy atom. The van der Waals surface area contributed by atoms with Gasteiger partial charge >= 0.3 is 12.7 Å². The fourth-order valence-electron chi connectivity index (χ4n) is 3.21. The van der Waals surface area contributed by atoms with E-state index >= 15 is 0 Å². The van der Waals surface area contributed by atoms with Crippen molar-refractivity contribution >= 4 is 16.1 Å². The summed E-state index contributed by atoms with van der Waals surface area (Å²) in [6.07, 6.45) is -15.0. The number of rotatable bonds is 14. The first-order chi connectivity index (χ1) is 25.3. The highest BCUT2D eigenvalue weighted by atomic mass is 32.2. The highest BCUT2D eigenvalue weighted by molar-refractivity contribution is 7.89. The van der Waals surface area contributed by atoms with E-state index in [-0.39, 0.29) is 9.21 Å². The van der Waals surface area contributed by atoms with E-state index in [0.29, 0.717) is 12.1 Å². The molecule has 0 saturated heterocycles. The van der Waals surface area contributed by atoms with E-state index in [2.05, 4.69) is 4.74 Å². The van der Waals surface area contributed by atoms with Crippen LogP contribution in [0.3, 0.4) is 0 Å². The topological polar surface area (TPSA) is 117 Å². The molecule has 9 nitrogen and oxygen atoms in total. The van der Waals surface area contributed by atoms with Gasteiger partial charge in [-0.2, -0.15) is 13.1 Å². The Hall–Kier alpha value is -2.96. The van der Waals surface area contributed by atoms with Crippen molar-refractivity contribution in [1.29, 1.82) is 0 Å². The number of ether oxygens (including phenoxy) is 2. The van der Waals surface area contributed by atoms with Gasteiger partial charge in [-0.05, 0) is 88.7 Å². The summed E-state index contributed by atoms with van der Waals surface area (Å²) in [6.45, 7) is -9.31. The molecule has 1 amide bonds. The molecule has 0 spiro atoms. The van der Waals surface area contributed by atoms with Crippen LogP contribution in [0.15, 0.2) is 53.3 Å². The average Bonchev–Trinajstić information content (AvgIpc) is 3.02. The Kier molecular flexibility index (Phi) is 6.00. The van der Waals surface area contributed by atoms with Gasteiger partial charge in [0.1, 0.15) is 11.5 Å². The maximum atomic E-state index is 14.1. The fourth-order valence-corrected chi connectivity index (χ4v) is 4.64. The molecular weight excluding hydrogens is 558 g/mol. The molecule has 0 radical (unpaired) electrons. The van der Waals surface area contributed by atoms with Crippen LogP contribution in [-0.4, -0.2) is 77.3 Å². The number of aliphatic hydroxyl groups is 1. The molecule has 0 bridgehead atoms. The van der Waals surface area contributed by atoms with E-state index in [1.165, 1.54) is 13.8 Å². The Morgan fingerprint density at radius 3 is 2.20 bits per heavy atom. The van der Waals surface area contributed by atoms with E-state index < -0.39 is 132 Å². The van der Waals surface area contributed by atoms with Crippen LogP contribution in [0.25, 0.3) is 0 Å². The number of halogens is 2. The molecule has 0 heterocycles. The first-order valence-corrected chi connectivity index (χ1v) is 13.2. The van der Waals surface area contributed by atoms with Gasteiger partial charge in [0.05, 0.1) is 32.7 Å². The molecule has 230 valence electrons. The molecule has 2 aromatic rings. The monoisotopic (exact) mass is 616 g/mol. The lowest BCUT2D eigenvalue weighted by Crippen LogP contribution is -2.58. The molecule has 3 atom stereocenters. The van der Waals surface area contributed by atoms with Gasteiger partial charge in [0.25, 0.3) is 0 Å². The maximum Gasteiger partial charge on any atom is 0.408 e. The lowest BCUT2D eigenvalue weighted by molar-refractivity contribution is -0.0498. The van der Waals surface area contributed by atoms with E-state index in [1.54, 1.807) is 0 Å². The number of alkyl halides is 2. The molecule has 1 unspecified atom stereocenters. The number of sulfonamides is 1. The lowest BCUT2D eigenvalue weighted by atomic mass is 9.94. The normalized spacial score (nSPS) is 23.7. The zero-order valence-corrected chi connectivity index (χ0v) is 23.6. The van der Waals surface area contributed by atoms with Crippen molar-refractivity contribution in [3.8, 4) is 11.5 Å². The third kappa shape index (κ3) is 10.1. The SMILES string of the molecule is [2H]c1c([2H])c(C([2H])([2H])[C@]([2H])(N(C(=O)O)C(C)(C)C)[C@]([2H])(O)C([2H])([2H])N(CC(C)C)S(=O)(=O)c2ccc(OC(F)F)cc2)c([2H])c([2H])c1OC([2H])(C([2H])[2H])C([2H])([2H])[2H]. The maximum absolute atomic E-state index is 14.1. The number of amides is 1. The summed E-state index contributed by atoms with van der Waals surface area (Å²) in [5, 5.41) is 22.6. The molecule has 0 aliphatic rings. The van der Waals surface area contributed by atoms with E-state index in [9.17, 15) is 36.3 Å². The number of carboxylic acid groups (broad SMARTS) is 1. The standard InChI is InChI=1S/C29H42F2N2O7S/c1-19(2)17-32(41(37,38)24-14-12-23(13-15-24)40-27(30)31)18-26(34)25(33(28(35)36)29(5,6)7)16-21-8-10-22(11-9-21)39-20(3)4/h8-15,19-20,25-27,34H,16-18H2,1-7H3,(H,35,36)/t25-,26+/m0/s1/i3D2,4D3,8D,9D,10D,11D,16D2,18D2,20D,25D,26D/t20?,25-,26+. The largest absolute Gasteiger partial charge is 0.491 e. The third-order valence-corrected chi connectivity index (χ3v) is 6.45. The number of nitrogens with zero attached hydrogens (tertiary/aromatic N) is 2. The van der Waals surface area contributed by atoms with Gasteiger partial charge in [-0.25, -0.2) is 13.2 Å². The van der Waals surface area contributed by atoms with E-state index in [1.807, 2.05) is 0 Å². The molecule has 2 N–H and O–H groups in total. The van der Waals surface area contributed by atoms with Gasteiger partial charge in [-0.3, -0.25) is 4.90 Å². The second-order valence-corrected chi connectivity index (χ2v) is 11.5. The molecule has 2 aromatic carbocycles. The minimum Gasteiger partial charge on any atom is -0.491 e. The van der Waals surface area contributed by atoms with Gasteiger partial charge in [0.2, 0.25) is 10.0 Å². The zero-order valence-electron chi connectivity index (χ0n) is 38.7. The van der Waals surface area contributed by atoms with Crippen LogP contribution in [0.1, 0.15) is 75.8 Å². The Balaban J connectivity index is 3.17. The molecule has 0 aromatic heterocycles. The van der Waals surface area contributed by atoms with Crippen molar-refractivity contribution in [2.75, 3.05) is 13.0 Å². The van der Waals surface area contributed by atoms with Crippen LogP contribution < -0.4 is 9.47 Å². The Labute approximate surface area is 264 Å². The van der Waals surface area contributed by atoms with Gasteiger partial charge in [-0.15, -0.1) is 0 Å². The summed E-state index contributed by atoms with van der Waals surface area (Å²) in [4.78, 5) is 11.9. The molecule has 0 saturated carbocycles. The van der Waals surface area contributed by atoms with Gasteiger partial charge in [0, 0.05) is 30.9 Å². The van der Waals surface area contributed by atoms with Crippen molar-refractivity contribution in [2.24, 2.45) is 5.92 Å².